The number of rotatable bonds is 19. The summed E-state index contributed by atoms with van der Waals surface area (Å²) in [6.07, 6.45) is 7.82. The molecular weight excluding hydrogens is 637 g/mol. The Morgan fingerprint density at radius 3 is 2.19 bits per heavy atom. The number of carbonyl (C=O) groups excluding carboxylic acids is 2. The highest BCUT2D eigenvalue weighted by molar-refractivity contribution is 7.92. The van der Waals surface area contributed by atoms with Crippen LogP contribution < -0.4 is 20.3 Å². The Labute approximate surface area is 273 Å². The third-order valence-electron chi connectivity index (χ3n) is 7.28. The van der Waals surface area contributed by atoms with Crippen molar-refractivity contribution >= 4 is 45.0 Å². The number of nitrogens with zero attached hydrogens (tertiary/aromatic N) is 5. The maximum atomic E-state index is 13.8. The molecule has 3 rings (SSSR count). The van der Waals surface area contributed by atoms with Crippen LogP contribution in [0.2, 0.25) is 0 Å². The van der Waals surface area contributed by atoms with Crippen molar-refractivity contribution < 1.29 is 31.2 Å². The molecule has 0 aliphatic rings. The predicted octanol–water partition coefficient (Wildman–Crippen LogP) is 5.87. The van der Waals surface area contributed by atoms with Crippen LogP contribution in [0.5, 0.6) is 0 Å². The smallest absolute Gasteiger partial charge is 0.364 e. The van der Waals surface area contributed by atoms with Crippen LogP contribution in [0.1, 0.15) is 86.3 Å². The first-order chi connectivity index (χ1) is 22.3. The molecule has 0 fully saturated rings. The van der Waals surface area contributed by atoms with E-state index in [4.69, 9.17) is 0 Å². The SMILES string of the molecule is CCC(=O)CCCCCCCCCNC(=O)c1ccc(Nc2ncc(C(F)(F)F)c(NCc3nccnc3N(C)S(C)(=O)=O)n2)cc1. The maximum absolute atomic E-state index is 13.8. The number of aromatic nitrogens is 4. The molecule has 2 aromatic heterocycles. The van der Waals surface area contributed by atoms with E-state index in [1.54, 1.807) is 24.3 Å². The Balaban J connectivity index is 1.54. The van der Waals surface area contributed by atoms with E-state index in [-0.39, 0.29) is 29.9 Å². The lowest BCUT2D eigenvalue weighted by atomic mass is 10.1. The number of halogens is 3. The molecule has 0 aliphatic carbocycles. The van der Waals surface area contributed by atoms with Crippen molar-refractivity contribution in [2.24, 2.45) is 0 Å². The molecule has 12 nitrogen and oxygen atoms in total. The Bertz CT molecular complexity index is 1590. The lowest BCUT2D eigenvalue weighted by molar-refractivity contribution is -0.137. The number of ketones is 1. The van der Waals surface area contributed by atoms with Crippen LogP contribution in [0.25, 0.3) is 0 Å². The molecular formula is C31H41F3N8O4S. The minimum Gasteiger partial charge on any atom is -0.364 e. The molecule has 0 spiro atoms. The summed E-state index contributed by atoms with van der Waals surface area (Å²) < 4.78 is 66.1. The van der Waals surface area contributed by atoms with Gasteiger partial charge in [-0.05, 0) is 37.1 Å². The fourth-order valence-corrected chi connectivity index (χ4v) is 4.97. The summed E-state index contributed by atoms with van der Waals surface area (Å²) in [5.74, 6) is -0.652. The van der Waals surface area contributed by atoms with E-state index >= 15 is 0 Å². The average molecular weight is 679 g/mol. The summed E-state index contributed by atoms with van der Waals surface area (Å²) in [7, 11) is -2.44. The molecule has 1 amide bonds. The minimum absolute atomic E-state index is 0.0449. The molecule has 3 aromatic rings. The number of alkyl halides is 3. The van der Waals surface area contributed by atoms with Gasteiger partial charge < -0.3 is 16.0 Å². The van der Waals surface area contributed by atoms with Crippen LogP contribution in [0, 0.1) is 0 Å². The van der Waals surface area contributed by atoms with E-state index < -0.39 is 27.6 Å². The standard InChI is InChI=1S/C31H41F3N8O4S/c1-4-24(43)12-10-8-6-5-7-9-11-17-37-29(44)22-13-15-23(16-14-22)40-30-39-20-25(31(32,33)34)27(41-30)38-21-26-28(36-19-18-35-26)42(2)47(3,45)46/h13-16,18-20H,4-12,17,21H2,1-3H3,(H,37,44)(H2,38,39,40,41). The van der Waals surface area contributed by atoms with E-state index in [1.165, 1.54) is 19.4 Å². The predicted molar refractivity (Wildman–Crippen MR) is 174 cm³/mol. The van der Waals surface area contributed by atoms with Crippen LogP contribution in [-0.2, 0) is 27.5 Å². The number of nitrogens with one attached hydrogen (secondary N) is 3. The van der Waals surface area contributed by atoms with Gasteiger partial charge in [-0.3, -0.25) is 18.9 Å². The number of benzene rings is 1. The van der Waals surface area contributed by atoms with E-state index in [2.05, 4.69) is 35.9 Å². The van der Waals surface area contributed by atoms with Gasteiger partial charge in [-0.1, -0.05) is 39.0 Å². The molecule has 3 N–H and O–H groups in total. The maximum Gasteiger partial charge on any atom is 0.421 e. The Morgan fingerprint density at radius 2 is 1.55 bits per heavy atom. The third kappa shape index (κ3) is 12.1. The number of carbonyl (C=O) groups is 2. The van der Waals surface area contributed by atoms with Crippen molar-refractivity contribution in [2.75, 3.05) is 34.8 Å². The Kier molecular flexibility index (Phi) is 13.9. The van der Waals surface area contributed by atoms with Crippen LogP contribution in [0.3, 0.4) is 0 Å². The largest absolute Gasteiger partial charge is 0.421 e. The number of hydrogen-bond acceptors (Lipinski definition) is 10. The van der Waals surface area contributed by atoms with Crippen molar-refractivity contribution in [1.29, 1.82) is 0 Å². The zero-order chi connectivity index (χ0) is 34.5. The second-order valence-corrected chi connectivity index (χ2v) is 13.0. The monoisotopic (exact) mass is 678 g/mol. The normalized spacial score (nSPS) is 11.6. The summed E-state index contributed by atoms with van der Waals surface area (Å²) in [5.41, 5.74) is -0.176. The van der Waals surface area contributed by atoms with Gasteiger partial charge in [-0.25, -0.2) is 18.4 Å². The van der Waals surface area contributed by atoms with Gasteiger partial charge in [0.1, 0.15) is 22.9 Å². The number of Topliss-reactive ketones (excluding diaryl/α,β-unsaturated/α-hetero) is 1. The van der Waals surface area contributed by atoms with Gasteiger partial charge in [-0.15, -0.1) is 0 Å². The van der Waals surface area contributed by atoms with E-state index in [1.807, 2.05) is 6.92 Å². The number of sulfonamides is 1. The second kappa shape index (κ2) is 17.5. The van der Waals surface area contributed by atoms with Crippen LogP contribution in [0.15, 0.2) is 42.9 Å². The number of unbranched alkanes of at least 4 members (excludes halogenated alkanes) is 6. The first-order valence-corrected chi connectivity index (χ1v) is 17.2. The van der Waals surface area contributed by atoms with Crippen molar-refractivity contribution in [2.45, 2.75) is 77.4 Å². The summed E-state index contributed by atoms with van der Waals surface area (Å²) in [5, 5.41) is 8.31. The lowest BCUT2D eigenvalue weighted by Gasteiger charge is -2.19. The molecule has 0 saturated carbocycles. The molecule has 0 unspecified atom stereocenters. The van der Waals surface area contributed by atoms with Crippen LogP contribution in [-0.4, -0.2) is 59.9 Å². The second-order valence-electron chi connectivity index (χ2n) is 10.9. The highest BCUT2D eigenvalue weighted by Crippen LogP contribution is 2.34. The summed E-state index contributed by atoms with van der Waals surface area (Å²) in [6, 6.07) is 6.34. The van der Waals surface area contributed by atoms with Crippen molar-refractivity contribution in [3.8, 4) is 0 Å². The first-order valence-electron chi connectivity index (χ1n) is 15.4. The van der Waals surface area contributed by atoms with Crippen molar-refractivity contribution in [1.82, 2.24) is 25.3 Å². The van der Waals surface area contributed by atoms with Gasteiger partial charge in [0.15, 0.2) is 5.82 Å². The van der Waals surface area contributed by atoms with E-state index in [0.29, 0.717) is 42.6 Å². The zero-order valence-electron chi connectivity index (χ0n) is 26.7. The van der Waals surface area contributed by atoms with Crippen LogP contribution >= 0.6 is 0 Å². The molecule has 0 atom stereocenters. The van der Waals surface area contributed by atoms with Gasteiger partial charge in [0.2, 0.25) is 16.0 Å². The fourth-order valence-electron chi connectivity index (χ4n) is 4.50. The lowest BCUT2D eigenvalue weighted by Crippen LogP contribution is -2.27. The summed E-state index contributed by atoms with van der Waals surface area (Å²) in [4.78, 5) is 39.7. The van der Waals surface area contributed by atoms with E-state index in [0.717, 1.165) is 55.5 Å². The quantitative estimate of drug-likeness (QED) is 0.131. The Morgan fingerprint density at radius 1 is 0.915 bits per heavy atom. The van der Waals surface area contributed by atoms with Crippen LogP contribution in [0.4, 0.5) is 36.4 Å². The molecule has 1 aromatic carbocycles. The third-order valence-corrected chi connectivity index (χ3v) is 8.45. The molecule has 47 heavy (non-hydrogen) atoms. The molecule has 0 aliphatic heterocycles. The van der Waals surface area contributed by atoms with Crippen molar-refractivity contribution in [3.63, 3.8) is 0 Å². The zero-order valence-corrected chi connectivity index (χ0v) is 27.5. The topological polar surface area (TPSA) is 159 Å². The first kappa shape index (κ1) is 37.1. The van der Waals surface area contributed by atoms with Gasteiger partial charge in [0, 0.05) is 56.3 Å². The number of hydrogen-bond donors (Lipinski definition) is 3. The van der Waals surface area contributed by atoms with Gasteiger partial charge in [0.05, 0.1) is 12.8 Å². The summed E-state index contributed by atoms with van der Waals surface area (Å²) in [6.45, 7) is 2.12. The Hall–Kier alpha value is -4.34. The van der Waals surface area contributed by atoms with Crippen molar-refractivity contribution in [3.05, 3.63) is 59.7 Å². The summed E-state index contributed by atoms with van der Waals surface area (Å²) >= 11 is 0. The highest BCUT2D eigenvalue weighted by Gasteiger charge is 2.35. The average Bonchev–Trinajstić information content (AvgIpc) is 3.03. The molecule has 0 radical (unpaired) electrons. The number of amides is 1. The van der Waals surface area contributed by atoms with E-state index in [9.17, 15) is 31.2 Å². The highest BCUT2D eigenvalue weighted by atomic mass is 32.2. The molecule has 16 heteroatoms. The van der Waals surface area contributed by atoms with Gasteiger partial charge >= 0.3 is 6.18 Å². The molecule has 256 valence electrons. The number of anilines is 4. The molecule has 0 bridgehead atoms. The van der Waals surface area contributed by atoms with Gasteiger partial charge in [0.25, 0.3) is 5.91 Å². The fraction of sp³-hybridized carbons (Fsp3) is 0.484. The molecule has 2 heterocycles. The molecule has 0 saturated heterocycles. The minimum atomic E-state index is -4.78. The van der Waals surface area contributed by atoms with Gasteiger partial charge in [-0.2, -0.15) is 18.2 Å².